The summed E-state index contributed by atoms with van der Waals surface area (Å²) in [6, 6.07) is 17.5. The molecule has 0 saturated heterocycles. The van der Waals surface area contributed by atoms with E-state index in [4.69, 9.17) is 0 Å². The van der Waals surface area contributed by atoms with E-state index in [1.165, 1.54) is 5.56 Å². The predicted molar refractivity (Wildman–Crippen MR) is 93.3 cm³/mol. The summed E-state index contributed by atoms with van der Waals surface area (Å²) in [5.74, 6) is 0.244. The highest BCUT2D eigenvalue weighted by Crippen LogP contribution is 2.17. The molecule has 2 aromatic rings. The zero-order chi connectivity index (χ0) is 15.6. The molecular weight excluding hydrogens is 272 g/mol. The van der Waals surface area contributed by atoms with Crippen LogP contribution < -0.4 is 5.43 Å². The molecule has 0 spiro atoms. The molecule has 0 atom stereocenters. The number of rotatable bonds is 3. The lowest BCUT2D eigenvalue weighted by Crippen LogP contribution is -1.96. The Morgan fingerprint density at radius 1 is 1.05 bits per heavy atom. The van der Waals surface area contributed by atoms with Gasteiger partial charge in [-0.1, -0.05) is 61.5 Å². The number of nitrogens with one attached hydrogen (secondary N) is 1. The molecule has 1 aliphatic heterocycles. The molecule has 112 valence electrons. The minimum atomic E-state index is 0.244. The third-order valence-corrected chi connectivity index (χ3v) is 3.16. The molecule has 3 nitrogen and oxygen atoms in total. The highest BCUT2D eigenvalue weighted by Gasteiger charge is 2.01. The van der Waals surface area contributed by atoms with Gasteiger partial charge in [-0.15, -0.1) is 0 Å². The van der Waals surface area contributed by atoms with E-state index in [1.54, 1.807) is 6.21 Å². The monoisotopic (exact) mass is 292 g/mol. The van der Waals surface area contributed by atoms with Gasteiger partial charge in [-0.3, -0.25) is 10.2 Å². The highest BCUT2D eigenvalue weighted by atomic mass is 16.1. The summed E-state index contributed by atoms with van der Waals surface area (Å²) < 4.78 is 0. The zero-order valence-corrected chi connectivity index (χ0v) is 12.7. The molecular formula is C19H20N2O. The van der Waals surface area contributed by atoms with Crippen LogP contribution in [0.5, 0.6) is 0 Å². The Morgan fingerprint density at radius 3 is 2.55 bits per heavy atom. The van der Waals surface area contributed by atoms with Gasteiger partial charge >= 0.3 is 0 Å². The first kappa shape index (κ1) is 15.7. The number of carbonyl (C=O) groups is 1. The first-order chi connectivity index (χ1) is 10.8. The standard InChI is InChI=1S/C10H12O.C9H8N2/c1-2-6-10(11)9-7-4-3-5-8-9;1-2-6-9-8(4-1)5-3-7-10-11-9/h3-5,7-8H,2,6H2,1H3;1-7,11H. The molecule has 3 rings (SSSR count). The lowest BCUT2D eigenvalue weighted by atomic mass is 10.1. The fourth-order valence-corrected chi connectivity index (χ4v) is 2.04. The molecule has 0 aliphatic carbocycles. The molecule has 0 aromatic heterocycles. The molecule has 1 heterocycles. The largest absolute Gasteiger partial charge is 0.294 e. The van der Waals surface area contributed by atoms with Gasteiger partial charge in [0.1, 0.15) is 0 Å². The zero-order valence-electron chi connectivity index (χ0n) is 12.7. The lowest BCUT2D eigenvalue weighted by Gasteiger charge is -2.00. The van der Waals surface area contributed by atoms with E-state index in [0.29, 0.717) is 6.42 Å². The van der Waals surface area contributed by atoms with Crippen molar-refractivity contribution in [1.82, 2.24) is 0 Å². The molecule has 3 heteroatoms. The molecule has 1 N–H and O–H groups in total. The number of hydrazone groups is 1. The summed E-state index contributed by atoms with van der Waals surface area (Å²) >= 11 is 0. The number of nitrogens with zero attached hydrogens (tertiary/aromatic N) is 1. The van der Waals surface area contributed by atoms with E-state index < -0.39 is 0 Å². The van der Waals surface area contributed by atoms with E-state index >= 15 is 0 Å². The second kappa shape index (κ2) is 8.57. The number of hydrogen-bond acceptors (Lipinski definition) is 3. The minimum absolute atomic E-state index is 0.244. The van der Waals surface area contributed by atoms with Crippen molar-refractivity contribution in [1.29, 1.82) is 0 Å². The Kier molecular flexibility index (Phi) is 6.12. The van der Waals surface area contributed by atoms with Crippen LogP contribution in [-0.4, -0.2) is 12.0 Å². The number of Topliss-reactive ketones (excluding diaryl/α,β-unsaturated/α-hetero) is 1. The van der Waals surface area contributed by atoms with Crippen LogP contribution in [0.25, 0.3) is 6.08 Å². The van der Waals surface area contributed by atoms with Gasteiger partial charge in [0.05, 0.1) is 5.69 Å². The maximum Gasteiger partial charge on any atom is 0.162 e. The maximum atomic E-state index is 11.2. The number of ketones is 1. The van der Waals surface area contributed by atoms with Crippen molar-refractivity contribution in [2.24, 2.45) is 5.10 Å². The summed E-state index contributed by atoms with van der Waals surface area (Å²) in [6.45, 7) is 2.01. The summed E-state index contributed by atoms with van der Waals surface area (Å²) in [4.78, 5) is 11.2. The minimum Gasteiger partial charge on any atom is -0.294 e. The van der Waals surface area contributed by atoms with Crippen LogP contribution in [0.1, 0.15) is 35.7 Å². The predicted octanol–water partition coefficient (Wildman–Crippen LogP) is 4.78. The van der Waals surface area contributed by atoms with Crippen LogP contribution >= 0.6 is 0 Å². The smallest absolute Gasteiger partial charge is 0.162 e. The van der Waals surface area contributed by atoms with Gasteiger partial charge in [0, 0.05) is 18.2 Å². The van der Waals surface area contributed by atoms with Gasteiger partial charge in [0.25, 0.3) is 0 Å². The van der Waals surface area contributed by atoms with Crippen LogP contribution in [0.4, 0.5) is 5.69 Å². The number of carbonyl (C=O) groups excluding carboxylic acids is 1. The van der Waals surface area contributed by atoms with E-state index in [-0.39, 0.29) is 5.78 Å². The summed E-state index contributed by atoms with van der Waals surface area (Å²) in [6.07, 6.45) is 7.26. The normalized spacial score (nSPS) is 11.5. The summed E-state index contributed by atoms with van der Waals surface area (Å²) in [5.41, 5.74) is 5.98. The average molecular weight is 292 g/mol. The van der Waals surface area contributed by atoms with E-state index in [2.05, 4.69) is 10.5 Å². The van der Waals surface area contributed by atoms with Crippen LogP contribution in [0, 0.1) is 0 Å². The van der Waals surface area contributed by atoms with Gasteiger partial charge in [0.15, 0.2) is 5.78 Å². The quantitative estimate of drug-likeness (QED) is 0.827. The Morgan fingerprint density at radius 2 is 1.77 bits per heavy atom. The van der Waals surface area contributed by atoms with E-state index in [1.807, 2.05) is 73.7 Å². The van der Waals surface area contributed by atoms with Crippen molar-refractivity contribution in [2.75, 3.05) is 5.43 Å². The van der Waals surface area contributed by atoms with Crippen molar-refractivity contribution in [3.8, 4) is 0 Å². The Bertz CT molecular complexity index is 660. The van der Waals surface area contributed by atoms with Crippen LogP contribution in [0.15, 0.2) is 65.8 Å². The Hall–Kier alpha value is -2.68. The van der Waals surface area contributed by atoms with Gasteiger partial charge in [-0.05, 0) is 24.1 Å². The number of benzene rings is 2. The molecule has 0 bridgehead atoms. The van der Waals surface area contributed by atoms with Crippen LogP contribution in [-0.2, 0) is 0 Å². The number of hydrogen-bond donors (Lipinski definition) is 1. The van der Waals surface area contributed by atoms with Crippen molar-refractivity contribution in [2.45, 2.75) is 19.8 Å². The van der Waals surface area contributed by atoms with Crippen LogP contribution in [0.3, 0.4) is 0 Å². The van der Waals surface area contributed by atoms with Crippen molar-refractivity contribution in [3.05, 3.63) is 71.8 Å². The summed E-state index contributed by atoms with van der Waals surface area (Å²) in [7, 11) is 0. The topological polar surface area (TPSA) is 41.5 Å². The molecule has 2 aromatic carbocycles. The number of fused-ring (bicyclic) bond motifs is 1. The number of para-hydroxylation sites is 1. The fourth-order valence-electron chi connectivity index (χ4n) is 2.04. The third kappa shape index (κ3) is 4.70. The third-order valence-electron chi connectivity index (χ3n) is 3.16. The summed E-state index contributed by atoms with van der Waals surface area (Å²) in [5, 5.41) is 3.95. The second-order valence-corrected chi connectivity index (χ2v) is 4.88. The highest BCUT2D eigenvalue weighted by molar-refractivity contribution is 5.95. The van der Waals surface area contributed by atoms with Gasteiger partial charge < -0.3 is 0 Å². The van der Waals surface area contributed by atoms with Crippen LogP contribution in [0.2, 0.25) is 0 Å². The number of allylic oxidation sites excluding steroid dienone is 1. The van der Waals surface area contributed by atoms with Crippen molar-refractivity contribution in [3.63, 3.8) is 0 Å². The SMILES string of the molecule is C1=Cc2ccccc2NN=C1.CCCC(=O)c1ccccc1. The first-order valence-electron chi connectivity index (χ1n) is 7.44. The average Bonchev–Trinajstić information content (AvgIpc) is 2.82. The molecule has 0 unspecified atom stereocenters. The van der Waals surface area contributed by atoms with E-state index in [0.717, 1.165) is 17.7 Å². The fraction of sp³-hybridized carbons (Fsp3) is 0.158. The molecule has 22 heavy (non-hydrogen) atoms. The van der Waals surface area contributed by atoms with Gasteiger partial charge in [0.2, 0.25) is 0 Å². The van der Waals surface area contributed by atoms with E-state index in [9.17, 15) is 4.79 Å². The molecule has 0 radical (unpaired) electrons. The van der Waals surface area contributed by atoms with Crippen molar-refractivity contribution < 1.29 is 4.79 Å². The second-order valence-electron chi connectivity index (χ2n) is 4.88. The van der Waals surface area contributed by atoms with Gasteiger partial charge in [-0.25, -0.2) is 0 Å². The molecule has 0 saturated carbocycles. The molecule has 0 amide bonds. The molecule has 1 aliphatic rings. The first-order valence-corrected chi connectivity index (χ1v) is 7.44. The van der Waals surface area contributed by atoms with Crippen molar-refractivity contribution >= 4 is 23.8 Å². The molecule has 0 fully saturated rings. The Labute approximate surface area is 131 Å². The lowest BCUT2D eigenvalue weighted by molar-refractivity contribution is 0.0982. The number of anilines is 1. The Balaban J connectivity index is 0.000000160. The maximum absolute atomic E-state index is 11.2. The van der Waals surface area contributed by atoms with Gasteiger partial charge in [-0.2, -0.15) is 5.10 Å².